The quantitative estimate of drug-likeness (QED) is 0.809. The van der Waals surface area contributed by atoms with Gasteiger partial charge in [-0.1, -0.05) is 0 Å². The Labute approximate surface area is 94.0 Å². The zero-order valence-corrected chi connectivity index (χ0v) is 9.56. The van der Waals surface area contributed by atoms with Gasteiger partial charge in [0.1, 0.15) is 5.41 Å². The molecule has 88 valence electrons. The summed E-state index contributed by atoms with van der Waals surface area (Å²) in [6, 6.07) is 0. The van der Waals surface area contributed by atoms with Gasteiger partial charge in [-0.15, -0.1) is 0 Å². The predicted molar refractivity (Wildman–Crippen MR) is 57.3 cm³/mol. The van der Waals surface area contributed by atoms with Gasteiger partial charge in [0.15, 0.2) is 0 Å². The third-order valence-electron chi connectivity index (χ3n) is 3.22. The fourth-order valence-electron chi connectivity index (χ4n) is 2.35. The Morgan fingerprint density at radius 3 is 2.62 bits per heavy atom. The highest BCUT2D eigenvalue weighted by Crippen LogP contribution is 2.35. The van der Waals surface area contributed by atoms with Gasteiger partial charge >= 0.3 is 5.97 Å². The van der Waals surface area contributed by atoms with E-state index in [1.54, 1.807) is 4.68 Å². The van der Waals surface area contributed by atoms with Crippen molar-refractivity contribution in [3.8, 4) is 0 Å². The molecule has 5 heteroatoms. The summed E-state index contributed by atoms with van der Waals surface area (Å²) < 4.78 is 6.92. The van der Waals surface area contributed by atoms with E-state index < -0.39 is 11.4 Å². The summed E-state index contributed by atoms with van der Waals surface area (Å²) in [5.41, 5.74) is 0.765. The lowest BCUT2D eigenvalue weighted by atomic mass is 9.76. The number of carboxylic acids is 1. The summed E-state index contributed by atoms with van der Waals surface area (Å²) in [6.07, 6.45) is 2.86. The molecule has 1 saturated heterocycles. The third-order valence-corrected chi connectivity index (χ3v) is 3.22. The van der Waals surface area contributed by atoms with Crippen LogP contribution in [0.3, 0.4) is 0 Å². The van der Waals surface area contributed by atoms with Crippen LogP contribution in [0, 0.1) is 6.92 Å². The van der Waals surface area contributed by atoms with Crippen LogP contribution in [0.2, 0.25) is 0 Å². The van der Waals surface area contributed by atoms with E-state index in [2.05, 4.69) is 5.10 Å². The number of ether oxygens (including phenoxy) is 1. The maximum atomic E-state index is 11.5. The van der Waals surface area contributed by atoms with E-state index >= 15 is 0 Å². The third kappa shape index (κ3) is 1.61. The number of rotatable bonds is 2. The molecule has 1 N–H and O–H groups in total. The first kappa shape index (κ1) is 11.1. The zero-order valence-electron chi connectivity index (χ0n) is 9.56. The van der Waals surface area contributed by atoms with Crippen LogP contribution in [0.5, 0.6) is 0 Å². The smallest absolute Gasteiger partial charge is 0.316 e. The van der Waals surface area contributed by atoms with Crippen molar-refractivity contribution < 1.29 is 14.6 Å². The Morgan fingerprint density at radius 1 is 1.56 bits per heavy atom. The molecule has 0 unspecified atom stereocenters. The fourth-order valence-corrected chi connectivity index (χ4v) is 2.35. The second-order valence-electron chi connectivity index (χ2n) is 4.33. The van der Waals surface area contributed by atoms with Crippen molar-refractivity contribution in [2.45, 2.75) is 25.2 Å². The Hall–Kier alpha value is -1.36. The lowest BCUT2D eigenvalue weighted by Crippen LogP contribution is -2.42. The largest absolute Gasteiger partial charge is 0.481 e. The minimum Gasteiger partial charge on any atom is -0.481 e. The van der Waals surface area contributed by atoms with E-state index in [4.69, 9.17) is 4.74 Å². The summed E-state index contributed by atoms with van der Waals surface area (Å²) in [5.74, 6) is -0.794. The highest BCUT2D eigenvalue weighted by atomic mass is 16.5. The SMILES string of the molecule is Cc1cn(C)nc1C1(C(=O)O)CCOCC1. The van der Waals surface area contributed by atoms with E-state index in [-0.39, 0.29) is 0 Å². The van der Waals surface area contributed by atoms with Gasteiger partial charge < -0.3 is 9.84 Å². The Balaban J connectivity index is 2.46. The lowest BCUT2D eigenvalue weighted by molar-refractivity contribution is -0.148. The van der Waals surface area contributed by atoms with Crippen LogP contribution < -0.4 is 0 Å². The standard InChI is InChI=1S/C11H16N2O3/c1-8-7-13(2)12-9(8)11(10(14)15)3-5-16-6-4-11/h7H,3-6H2,1-2H3,(H,14,15). The summed E-state index contributed by atoms with van der Waals surface area (Å²) >= 11 is 0. The van der Waals surface area contributed by atoms with Crippen LogP contribution in [0.15, 0.2) is 6.20 Å². The molecule has 2 heterocycles. The molecule has 5 nitrogen and oxygen atoms in total. The molecular weight excluding hydrogens is 208 g/mol. The molecule has 1 fully saturated rings. The van der Waals surface area contributed by atoms with Gasteiger partial charge in [0.25, 0.3) is 0 Å². The summed E-state index contributed by atoms with van der Waals surface area (Å²) in [5, 5.41) is 13.8. The van der Waals surface area contributed by atoms with Crippen LogP contribution in [0.25, 0.3) is 0 Å². The number of aryl methyl sites for hydroxylation is 2. The average molecular weight is 224 g/mol. The number of nitrogens with zero attached hydrogens (tertiary/aromatic N) is 2. The molecule has 0 radical (unpaired) electrons. The molecular formula is C11H16N2O3. The predicted octanol–water partition coefficient (Wildman–Crippen LogP) is 0.861. The van der Waals surface area contributed by atoms with Crippen molar-refractivity contribution in [1.82, 2.24) is 9.78 Å². The highest BCUT2D eigenvalue weighted by Gasteiger charge is 2.44. The molecule has 0 aromatic carbocycles. The highest BCUT2D eigenvalue weighted by molar-refractivity contribution is 5.81. The van der Waals surface area contributed by atoms with Crippen LogP contribution in [0.1, 0.15) is 24.1 Å². The van der Waals surface area contributed by atoms with Crippen LogP contribution in [0.4, 0.5) is 0 Å². The molecule has 0 saturated carbocycles. The fraction of sp³-hybridized carbons (Fsp3) is 0.636. The van der Waals surface area contributed by atoms with Gasteiger partial charge in [0.05, 0.1) is 5.69 Å². The van der Waals surface area contributed by atoms with Crippen LogP contribution >= 0.6 is 0 Å². The molecule has 2 rings (SSSR count). The molecule has 16 heavy (non-hydrogen) atoms. The zero-order chi connectivity index (χ0) is 11.8. The van der Waals surface area contributed by atoms with Crippen molar-refractivity contribution in [1.29, 1.82) is 0 Å². The minimum absolute atomic E-state index is 0.488. The molecule has 0 atom stereocenters. The number of carbonyl (C=O) groups is 1. The minimum atomic E-state index is -0.858. The number of hydrogen-bond acceptors (Lipinski definition) is 3. The van der Waals surface area contributed by atoms with Crippen molar-refractivity contribution in [2.24, 2.45) is 7.05 Å². The van der Waals surface area contributed by atoms with Crippen molar-refractivity contribution in [2.75, 3.05) is 13.2 Å². The number of aromatic nitrogens is 2. The van der Waals surface area contributed by atoms with Crippen molar-refractivity contribution in [3.63, 3.8) is 0 Å². The van der Waals surface area contributed by atoms with E-state index in [0.717, 1.165) is 5.56 Å². The first-order valence-corrected chi connectivity index (χ1v) is 5.38. The van der Waals surface area contributed by atoms with E-state index in [0.29, 0.717) is 31.7 Å². The molecule has 1 aromatic heterocycles. The second-order valence-corrected chi connectivity index (χ2v) is 4.33. The van der Waals surface area contributed by atoms with E-state index in [1.165, 1.54) is 0 Å². The summed E-state index contributed by atoms with van der Waals surface area (Å²) in [4.78, 5) is 11.5. The van der Waals surface area contributed by atoms with E-state index in [9.17, 15) is 9.90 Å². The van der Waals surface area contributed by atoms with Gasteiger partial charge in [-0.25, -0.2) is 0 Å². The van der Waals surface area contributed by atoms with E-state index in [1.807, 2.05) is 20.2 Å². The van der Waals surface area contributed by atoms with Gasteiger partial charge in [-0.05, 0) is 25.3 Å². The van der Waals surface area contributed by atoms with Gasteiger partial charge in [-0.2, -0.15) is 5.10 Å². The average Bonchev–Trinajstić information content (AvgIpc) is 2.59. The van der Waals surface area contributed by atoms with Gasteiger partial charge in [0.2, 0.25) is 0 Å². The molecule has 1 aliphatic rings. The molecule has 0 amide bonds. The van der Waals surface area contributed by atoms with Gasteiger partial charge in [-0.3, -0.25) is 9.48 Å². The second kappa shape index (κ2) is 3.90. The lowest BCUT2D eigenvalue weighted by Gasteiger charge is -2.32. The normalized spacial score (nSPS) is 19.6. The maximum absolute atomic E-state index is 11.5. The van der Waals surface area contributed by atoms with Crippen LogP contribution in [-0.4, -0.2) is 34.1 Å². The molecule has 0 spiro atoms. The van der Waals surface area contributed by atoms with Gasteiger partial charge in [0, 0.05) is 26.5 Å². The Kier molecular flexibility index (Phi) is 2.71. The number of carboxylic acid groups (broad SMARTS) is 1. The first-order chi connectivity index (χ1) is 7.56. The summed E-state index contributed by atoms with van der Waals surface area (Å²) in [6.45, 7) is 2.88. The Morgan fingerprint density at radius 2 is 2.19 bits per heavy atom. The number of hydrogen-bond donors (Lipinski definition) is 1. The molecule has 1 aromatic rings. The van der Waals surface area contributed by atoms with Crippen molar-refractivity contribution >= 4 is 5.97 Å². The van der Waals surface area contributed by atoms with Crippen LogP contribution in [-0.2, 0) is 22.0 Å². The molecule has 1 aliphatic heterocycles. The molecule has 0 aliphatic carbocycles. The topological polar surface area (TPSA) is 64.4 Å². The van der Waals surface area contributed by atoms with Crippen molar-refractivity contribution in [3.05, 3.63) is 17.5 Å². The summed E-state index contributed by atoms with van der Waals surface area (Å²) in [7, 11) is 1.81. The molecule has 0 bridgehead atoms. The maximum Gasteiger partial charge on any atom is 0.316 e. The Bertz CT molecular complexity index is 405. The number of aliphatic carboxylic acids is 1. The monoisotopic (exact) mass is 224 g/mol. The first-order valence-electron chi connectivity index (χ1n) is 5.38.